The average Bonchev–Trinajstić information content (AvgIpc) is 2.60. The number of benzene rings is 1. The number of carbonyl (C=O) groups is 3. The van der Waals surface area contributed by atoms with Crippen molar-refractivity contribution in [3.8, 4) is 0 Å². The standard InChI is InChI=1S/C18H22N2O4/c21-16(20-18(23)19-15-9-5-2-6-10-15)13-24-17(22)12-11-14-7-3-1-4-8-14/h1,3-4,7-8,11-12,15H,2,5-6,9-10,13H2,(H2,19,20,21,23). The Hall–Kier alpha value is -2.63. The minimum Gasteiger partial charge on any atom is -0.452 e. The number of imide groups is 1. The van der Waals surface area contributed by atoms with Crippen LogP contribution in [-0.2, 0) is 14.3 Å². The molecule has 0 saturated heterocycles. The van der Waals surface area contributed by atoms with Crippen molar-refractivity contribution in [3.05, 3.63) is 42.0 Å². The van der Waals surface area contributed by atoms with Gasteiger partial charge < -0.3 is 10.1 Å². The van der Waals surface area contributed by atoms with E-state index in [0.717, 1.165) is 31.2 Å². The fourth-order valence-corrected chi connectivity index (χ4v) is 2.54. The van der Waals surface area contributed by atoms with E-state index in [-0.39, 0.29) is 6.04 Å². The van der Waals surface area contributed by atoms with Gasteiger partial charge >= 0.3 is 12.0 Å². The highest BCUT2D eigenvalue weighted by atomic mass is 16.5. The van der Waals surface area contributed by atoms with Gasteiger partial charge in [0, 0.05) is 12.1 Å². The van der Waals surface area contributed by atoms with E-state index in [0.29, 0.717) is 0 Å². The van der Waals surface area contributed by atoms with Gasteiger partial charge in [-0.15, -0.1) is 0 Å². The Balaban J connectivity index is 1.65. The number of carbonyl (C=O) groups excluding carboxylic acids is 3. The predicted molar refractivity (Wildman–Crippen MR) is 90.0 cm³/mol. The van der Waals surface area contributed by atoms with E-state index >= 15 is 0 Å². The summed E-state index contributed by atoms with van der Waals surface area (Å²) >= 11 is 0. The molecule has 6 nitrogen and oxygen atoms in total. The summed E-state index contributed by atoms with van der Waals surface area (Å²) in [4.78, 5) is 34.8. The molecule has 6 heteroatoms. The van der Waals surface area contributed by atoms with Gasteiger partial charge in [0.25, 0.3) is 5.91 Å². The lowest BCUT2D eigenvalue weighted by Gasteiger charge is -2.22. The van der Waals surface area contributed by atoms with Crippen LogP contribution in [0.5, 0.6) is 0 Å². The lowest BCUT2D eigenvalue weighted by Crippen LogP contribution is -2.46. The van der Waals surface area contributed by atoms with Crippen molar-refractivity contribution in [1.82, 2.24) is 10.6 Å². The van der Waals surface area contributed by atoms with Crippen LogP contribution in [-0.4, -0.2) is 30.6 Å². The molecule has 0 radical (unpaired) electrons. The van der Waals surface area contributed by atoms with Gasteiger partial charge in [-0.2, -0.15) is 0 Å². The Labute approximate surface area is 141 Å². The minimum atomic E-state index is -0.648. The summed E-state index contributed by atoms with van der Waals surface area (Å²) in [6, 6.07) is 8.83. The summed E-state index contributed by atoms with van der Waals surface area (Å²) in [6.45, 7) is -0.490. The number of amides is 3. The smallest absolute Gasteiger partial charge is 0.331 e. The van der Waals surface area contributed by atoms with E-state index in [1.807, 2.05) is 30.3 Å². The molecule has 0 atom stereocenters. The van der Waals surface area contributed by atoms with Crippen LogP contribution in [0, 0.1) is 0 Å². The zero-order chi connectivity index (χ0) is 17.2. The number of hydrogen-bond donors (Lipinski definition) is 2. The van der Waals surface area contributed by atoms with Crippen LogP contribution in [0.4, 0.5) is 4.79 Å². The van der Waals surface area contributed by atoms with Crippen LogP contribution in [0.15, 0.2) is 36.4 Å². The summed E-state index contributed by atoms with van der Waals surface area (Å²) in [6.07, 6.45) is 8.06. The third-order valence-corrected chi connectivity index (χ3v) is 3.75. The average molecular weight is 330 g/mol. The molecular formula is C18H22N2O4. The van der Waals surface area contributed by atoms with Crippen molar-refractivity contribution in [2.75, 3.05) is 6.61 Å². The largest absolute Gasteiger partial charge is 0.452 e. The van der Waals surface area contributed by atoms with Gasteiger partial charge in [-0.1, -0.05) is 49.6 Å². The van der Waals surface area contributed by atoms with Gasteiger partial charge in [0.1, 0.15) is 0 Å². The number of hydrogen-bond acceptors (Lipinski definition) is 4. The third-order valence-electron chi connectivity index (χ3n) is 3.75. The van der Waals surface area contributed by atoms with E-state index < -0.39 is 24.5 Å². The Kier molecular flexibility index (Phi) is 7.01. The number of urea groups is 1. The maximum Gasteiger partial charge on any atom is 0.331 e. The Morgan fingerprint density at radius 2 is 1.79 bits per heavy atom. The normalized spacial score (nSPS) is 15.0. The van der Waals surface area contributed by atoms with E-state index in [2.05, 4.69) is 10.6 Å². The summed E-state index contributed by atoms with van der Waals surface area (Å²) < 4.78 is 4.80. The zero-order valence-electron chi connectivity index (χ0n) is 13.5. The first-order valence-electron chi connectivity index (χ1n) is 8.14. The number of ether oxygens (including phenoxy) is 1. The molecule has 2 rings (SSSR count). The second-order valence-corrected chi connectivity index (χ2v) is 5.71. The SMILES string of the molecule is O=C(COC(=O)C=Cc1ccccc1)NC(=O)NC1CCCCC1. The maximum absolute atomic E-state index is 11.7. The van der Waals surface area contributed by atoms with Crippen LogP contribution in [0.1, 0.15) is 37.7 Å². The third kappa shape index (κ3) is 6.64. The van der Waals surface area contributed by atoms with Gasteiger partial charge in [-0.25, -0.2) is 9.59 Å². The maximum atomic E-state index is 11.7. The molecule has 1 aromatic rings. The van der Waals surface area contributed by atoms with Crippen LogP contribution >= 0.6 is 0 Å². The molecule has 24 heavy (non-hydrogen) atoms. The highest BCUT2D eigenvalue weighted by Gasteiger charge is 2.17. The van der Waals surface area contributed by atoms with E-state index in [1.165, 1.54) is 12.5 Å². The minimum absolute atomic E-state index is 0.114. The topological polar surface area (TPSA) is 84.5 Å². The fourth-order valence-electron chi connectivity index (χ4n) is 2.54. The van der Waals surface area contributed by atoms with Crippen molar-refractivity contribution < 1.29 is 19.1 Å². The molecule has 1 aliphatic rings. The molecule has 0 bridgehead atoms. The van der Waals surface area contributed by atoms with E-state index in [4.69, 9.17) is 4.74 Å². The molecule has 128 valence electrons. The molecule has 2 N–H and O–H groups in total. The van der Waals surface area contributed by atoms with Crippen LogP contribution in [0.3, 0.4) is 0 Å². The van der Waals surface area contributed by atoms with Crippen LogP contribution < -0.4 is 10.6 Å². The van der Waals surface area contributed by atoms with Crippen molar-refractivity contribution in [2.45, 2.75) is 38.1 Å². The second-order valence-electron chi connectivity index (χ2n) is 5.71. The first-order valence-corrected chi connectivity index (χ1v) is 8.14. The first-order chi connectivity index (χ1) is 11.6. The van der Waals surface area contributed by atoms with E-state index in [9.17, 15) is 14.4 Å². The molecular weight excluding hydrogens is 308 g/mol. The van der Waals surface area contributed by atoms with Crippen molar-refractivity contribution in [1.29, 1.82) is 0 Å². The molecule has 1 saturated carbocycles. The first kappa shape index (κ1) is 17.7. The van der Waals surface area contributed by atoms with Gasteiger partial charge in [-0.3, -0.25) is 10.1 Å². The molecule has 0 unspecified atom stereocenters. The van der Waals surface area contributed by atoms with Crippen molar-refractivity contribution >= 4 is 24.0 Å². The Morgan fingerprint density at radius 1 is 1.08 bits per heavy atom. The number of nitrogens with one attached hydrogen (secondary N) is 2. The van der Waals surface area contributed by atoms with Gasteiger partial charge in [-0.05, 0) is 24.5 Å². The molecule has 0 aliphatic heterocycles. The number of esters is 1. The number of rotatable bonds is 5. The summed E-state index contributed by atoms with van der Waals surface area (Å²) in [5, 5.41) is 4.92. The second kappa shape index (κ2) is 9.50. The van der Waals surface area contributed by atoms with E-state index in [1.54, 1.807) is 6.08 Å². The van der Waals surface area contributed by atoms with Gasteiger partial charge in [0.15, 0.2) is 6.61 Å². The lowest BCUT2D eigenvalue weighted by atomic mass is 9.96. The van der Waals surface area contributed by atoms with Crippen LogP contribution in [0.2, 0.25) is 0 Å². The molecule has 3 amide bonds. The Bertz CT molecular complexity index is 592. The summed E-state index contributed by atoms with van der Waals surface area (Å²) in [5.74, 6) is -1.29. The molecule has 0 heterocycles. The molecule has 0 spiro atoms. The molecule has 1 aromatic carbocycles. The fraction of sp³-hybridized carbons (Fsp3) is 0.389. The van der Waals surface area contributed by atoms with Crippen molar-refractivity contribution in [2.24, 2.45) is 0 Å². The lowest BCUT2D eigenvalue weighted by molar-refractivity contribution is -0.143. The zero-order valence-corrected chi connectivity index (χ0v) is 13.5. The highest BCUT2D eigenvalue weighted by Crippen LogP contribution is 2.17. The van der Waals surface area contributed by atoms with Crippen LogP contribution in [0.25, 0.3) is 6.08 Å². The summed E-state index contributed by atoms with van der Waals surface area (Å²) in [7, 11) is 0. The molecule has 1 fully saturated rings. The Morgan fingerprint density at radius 3 is 2.50 bits per heavy atom. The van der Waals surface area contributed by atoms with Gasteiger partial charge in [0.05, 0.1) is 0 Å². The van der Waals surface area contributed by atoms with Crippen molar-refractivity contribution in [3.63, 3.8) is 0 Å². The predicted octanol–water partition coefficient (Wildman–Crippen LogP) is 2.40. The summed E-state index contributed by atoms with van der Waals surface area (Å²) in [5.41, 5.74) is 0.853. The van der Waals surface area contributed by atoms with Gasteiger partial charge in [0.2, 0.25) is 0 Å². The monoisotopic (exact) mass is 330 g/mol. The quantitative estimate of drug-likeness (QED) is 0.641. The molecule has 0 aromatic heterocycles. The highest BCUT2D eigenvalue weighted by molar-refractivity contribution is 5.96. The molecule has 1 aliphatic carbocycles.